The van der Waals surface area contributed by atoms with Crippen molar-refractivity contribution >= 4 is 11.6 Å². The van der Waals surface area contributed by atoms with Crippen molar-refractivity contribution in [2.45, 2.75) is 12.8 Å². The molecule has 24 heavy (non-hydrogen) atoms. The molecule has 0 atom stereocenters. The first-order chi connectivity index (χ1) is 11.7. The molecule has 2 N–H and O–H groups in total. The molecule has 6 heteroatoms. The zero-order valence-corrected chi connectivity index (χ0v) is 14.1. The summed E-state index contributed by atoms with van der Waals surface area (Å²) in [4.78, 5) is 16.4. The van der Waals surface area contributed by atoms with Crippen LogP contribution in [0.15, 0.2) is 24.3 Å². The first-order valence-electron chi connectivity index (χ1n) is 8.91. The lowest BCUT2D eigenvalue weighted by atomic mass is 10.2. The third-order valence-corrected chi connectivity index (χ3v) is 4.73. The van der Waals surface area contributed by atoms with Crippen molar-refractivity contribution in [3.8, 4) is 0 Å². The smallest absolute Gasteiger partial charge is 0.234 e. The Balaban J connectivity index is 1.27. The van der Waals surface area contributed by atoms with Crippen LogP contribution in [-0.2, 0) is 4.79 Å². The monoisotopic (exact) mass is 334 g/mol. The van der Waals surface area contributed by atoms with Gasteiger partial charge in [0.25, 0.3) is 0 Å². The van der Waals surface area contributed by atoms with E-state index >= 15 is 0 Å². The van der Waals surface area contributed by atoms with Crippen molar-refractivity contribution in [1.29, 1.82) is 0 Å². The van der Waals surface area contributed by atoms with Gasteiger partial charge < -0.3 is 15.5 Å². The van der Waals surface area contributed by atoms with Gasteiger partial charge in [-0.15, -0.1) is 0 Å². The van der Waals surface area contributed by atoms with Crippen LogP contribution in [0.5, 0.6) is 0 Å². The maximum absolute atomic E-state index is 13.0. The Bertz CT molecular complexity index is 524. The van der Waals surface area contributed by atoms with E-state index in [1.807, 2.05) is 12.1 Å². The molecule has 1 amide bonds. The van der Waals surface area contributed by atoms with Crippen LogP contribution < -0.4 is 15.5 Å². The summed E-state index contributed by atoms with van der Waals surface area (Å²) in [6, 6.07) is 6.68. The molecule has 3 rings (SSSR count). The van der Waals surface area contributed by atoms with Crippen LogP contribution in [0.3, 0.4) is 0 Å². The third-order valence-electron chi connectivity index (χ3n) is 4.73. The summed E-state index contributed by atoms with van der Waals surface area (Å²) in [5.74, 6) is 0.690. The van der Waals surface area contributed by atoms with Crippen LogP contribution in [0, 0.1) is 11.7 Å². The van der Waals surface area contributed by atoms with Gasteiger partial charge in [-0.2, -0.15) is 0 Å². The standard InChI is InChI=1S/C18H27FN4O/c19-16-3-5-17(6-4-16)23-11-9-22(10-12-23)8-7-21-18(24)14-20-13-15-1-2-15/h3-6,15,20H,1-2,7-14H2,(H,21,24). The molecule has 1 aliphatic heterocycles. The Morgan fingerprint density at radius 2 is 1.83 bits per heavy atom. The molecule has 1 aromatic rings. The molecule has 2 aliphatic rings. The van der Waals surface area contributed by atoms with Gasteiger partial charge in [-0.05, 0) is 49.6 Å². The zero-order chi connectivity index (χ0) is 16.8. The van der Waals surface area contributed by atoms with Gasteiger partial charge in [0.2, 0.25) is 5.91 Å². The van der Waals surface area contributed by atoms with E-state index in [0.29, 0.717) is 13.1 Å². The summed E-state index contributed by atoms with van der Waals surface area (Å²) in [5, 5.41) is 6.18. The molecular weight excluding hydrogens is 307 g/mol. The van der Waals surface area contributed by atoms with E-state index in [1.165, 1.54) is 25.0 Å². The highest BCUT2D eigenvalue weighted by atomic mass is 19.1. The minimum Gasteiger partial charge on any atom is -0.369 e. The van der Waals surface area contributed by atoms with E-state index in [1.54, 1.807) is 0 Å². The van der Waals surface area contributed by atoms with Gasteiger partial charge in [0, 0.05) is 45.0 Å². The number of amides is 1. The molecule has 1 saturated carbocycles. The average molecular weight is 334 g/mol. The molecule has 1 aromatic carbocycles. The van der Waals surface area contributed by atoms with E-state index in [4.69, 9.17) is 0 Å². The Kier molecular flexibility index (Phi) is 6.04. The fraction of sp³-hybridized carbons (Fsp3) is 0.611. The molecule has 0 unspecified atom stereocenters. The number of anilines is 1. The van der Waals surface area contributed by atoms with Crippen LogP contribution in [0.1, 0.15) is 12.8 Å². The summed E-state index contributed by atoms with van der Waals surface area (Å²) in [5.41, 5.74) is 1.08. The number of carbonyl (C=O) groups is 1. The van der Waals surface area contributed by atoms with Gasteiger partial charge in [-0.25, -0.2) is 4.39 Å². The lowest BCUT2D eigenvalue weighted by molar-refractivity contribution is -0.120. The molecule has 1 saturated heterocycles. The summed E-state index contributed by atoms with van der Waals surface area (Å²) in [7, 11) is 0. The molecule has 1 heterocycles. The highest BCUT2D eigenvalue weighted by Crippen LogP contribution is 2.27. The predicted molar refractivity (Wildman–Crippen MR) is 93.7 cm³/mol. The molecule has 0 radical (unpaired) electrons. The van der Waals surface area contributed by atoms with Gasteiger partial charge in [-0.3, -0.25) is 9.69 Å². The SMILES string of the molecule is O=C(CNCC1CC1)NCCN1CCN(c2ccc(F)cc2)CC1. The minimum absolute atomic E-state index is 0.0839. The number of halogens is 1. The van der Waals surface area contributed by atoms with Gasteiger partial charge in [0.15, 0.2) is 0 Å². The van der Waals surface area contributed by atoms with Crippen LogP contribution in [0.2, 0.25) is 0 Å². The molecule has 5 nitrogen and oxygen atoms in total. The second-order valence-corrected chi connectivity index (χ2v) is 6.73. The largest absolute Gasteiger partial charge is 0.369 e. The van der Waals surface area contributed by atoms with Gasteiger partial charge in [0.05, 0.1) is 6.54 Å². The molecule has 0 aromatic heterocycles. The third kappa shape index (κ3) is 5.46. The van der Waals surface area contributed by atoms with Gasteiger partial charge in [0.1, 0.15) is 5.82 Å². The second kappa shape index (κ2) is 8.44. The number of hydrogen-bond donors (Lipinski definition) is 2. The molecule has 0 bridgehead atoms. The predicted octanol–water partition coefficient (Wildman–Crippen LogP) is 1.06. The van der Waals surface area contributed by atoms with Gasteiger partial charge in [-0.1, -0.05) is 0 Å². The van der Waals surface area contributed by atoms with Crippen molar-refractivity contribution in [3.63, 3.8) is 0 Å². The van der Waals surface area contributed by atoms with Crippen molar-refractivity contribution in [2.24, 2.45) is 5.92 Å². The van der Waals surface area contributed by atoms with E-state index in [-0.39, 0.29) is 11.7 Å². The van der Waals surface area contributed by atoms with Crippen LogP contribution in [-0.4, -0.2) is 63.2 Å². The summed E-state index contributed by atoms with van der Waals surface area (Å²) in [6.07, 6.45) is 2.61. The highest BCUT2D eigenvalue weighted by molar-refractivity contribution is 5.77. The van der Waals surface area contributed by atoms with Crippen LogP contribution >= 0.6 is 0 Å². The summed E-state index contributed by atoms with van der Waals surface area (Å²) in [6.45, 7) is 6.77. The number of hydrogen-bond acceptors (Lipinski definition) is 4. The average Bonchev–Trinajstić information content (AvgIpc) is 3.41. The fourth-order valence-corrected chi connectivity index (χ4v) is 3.01. The van der Waals surface area contributed by atoms with E-state index < -0.39 is 0 Å². The summed E-state index contributed by atoms with van der Waals surface area (Å²) >= 11 is 0. The number of carbonyl (C=O) groups excluding carboxylic acids is 1. The zero-order valence-electron chi connectivity index (χ0n) is 14.1. The molecule has 1 aliphatic carbocycles. The molecular formula is C18H27FN4O. The lowest BCUT2D eigenvalue weighted by Gasteiger charge is -2.36. The number of rotatable bonds is 8. The Morgan fingerprint density at radius 1 is 1.12 bits per heavy atom. The molecule has 2 fully saturated rings. The van der Waals surface area contributed by atoms with Crippen molar-refractivity contribution in [1.82, 2.24) is 15.5 Å². The first-order valence-corrected chi connectivity index (χ1v) is 8.91. The van der Waals surface area contributed by atoms with Gasteiger partial charge >= 0.3 is 0 Å². The second-order valence-electron chi connectivity index (χ2n) is 6.73. The van der Waals surface area contributed by atoms with E-state index in [2.05, 4.69) is 20.4 Å². The van der Waals surface area contributed by atoms with Crippen LogP contribution in [0.4, 0.5) is 10.1 Å². The first kappa shape index (κ1) is 17.2. The van der Waals surface area contributed by atoms with Crippen molar-refractivity contribution in [2.75, 3.05) is 57.3 Å². The number of nitrogens with one attached hydrogen (secondary N) is 2. The number of nitrogens with zero attached hydrogens (tertiary/aromatic N) is 2. The normalized spacial score (nSPS) is 18.6. The van der Waals surface area contributed by atoms with Crippen molar-refractivity contribution in [3.05, 3.63) is 30.1 Å². The highest BCUT2D eigenvalue weighted by Gasteiger charge is 2.20. The topological polar surface area (TPSA) is 47.6 Å². The van der Waals surface area contributed by atoms with E-state index in [0.717, 1.165) is 50.9 Å². The fourth-order valence-electron chi connectivity index (χ4n) is 3.01. The van der Waals surface area contributed by atoms with Crippen molar-refractivity contribution < 1.29 is 9.18 Å². The van der Waals surface area contributed by atoms with E-state index in [9.17, 15) is 9.18 Å². The molecule has 0 spiro atoms. The number of benzene rings is 1. The maximum Gasteiger partial charge on any atom is 0.234 e. The maximum atomic E-state index is 13.0. The Hall–Kier alpha value is -1.66. The Morgan fingerprint density at radius 3 is 2.50 bits per heavy atom. The summed E-state index contributed by atoms with van der Waals surface area (Å²) < 4.78 is 13.0. The minimum atomic E-state index is -0.195. The number of piperazine rings is 1. The lowest BCUT2D eigenvalue weighted by Crippen LogP contribution is -2.49. The quantitative estimate of drug-likeness (QED) is 0.746. The Labute approximate surface area is 143 Å². The van der Waals surface area contributed by atoms with Crippen LogP contribution in [0.25, 0.3) is 0 Å². The molecule has 132 valence electrons.